The van der Waals surface area contributed by atoms with Gasteiger partial charge in [-0.3, -0.25) is 14.4 Å². The summed E-state index contributed by atoms with van der Waals surface area (Å²) >= 11 is 0. The van der Waals surface area contributed by atoms with Gasteiger partial charge in [-0.15, -0.1) is 0 Å². The highest BCUT2D eigenvalue weighted by atomic mass is 16.2. The van der Waals surface area contributed by atoms with Gasteiger partial charge < -0.3 is 20.4 Å². The lowest BCUT2D eigenvalue weighted by atomic mass is 9.96. The van der Waals surface area contributed by atoms with Crippen molar-refractivity contribution in [3.63, 3.8) is 0 Å². The Morgan fingerprint density at radius 2 is 2.03 bits per heavy atom. The van der Waals surface area contributed by atoms with Gasteiger partial charge in [-0.2, -0.15) is 0 Å². The van der Waals surface area contributed by atoms with Crippen molar-refractivity contribution in [1.82, 2.24) is 15.1 Å². The quantitative estimate of drug-likeness (QED) is 0.576. The summed E-state index contributed by atoms with van der Waals surface area (Å²) in [5, 5.41) is 5.97. The number of hydrogen-bond donors (Lipinski definition) is 2. The van der Waals surface area contributed by atoms with E-state index in [4.69, 9.17) is 0 Å². The zero-order valence-electron chi connectivity index (χ0n) is 18.3. The maximum atomic E-state index is 13.4. The second-order valence-corrected chi connectivity index (χ2v) is 7.95. The Hall–Kier alpha value is -2.67. The number of likely N-dealkylation sites (N-methyl/N-ethyl adjacent to an activating group) is 1. The van der Waals surface area contributed by atoms with Crippen molar-refractivity contribution in [1.29, 1.82) is 0 Å². The molecule has 1 aliphatic heterocycles. The number of nitrogens with one attached hydrogen (secondary N) is 2. The first kappa shape index (κ1) is 23.6. The van der Waals surface area contributed by atoms with E-state index in [1.54, 1.807) is 19.2 Å². The van der Waals surface area contributed by atoms with E-state index in [1.165, 1.54) is 11.1 Å². The van der Waals surface area contributed by atoms with Crippen molar-refractivity contribution in [2.45, 2.75) is 38.6 Å². The van der Waals surface area contributed by atoms with Crippen molar-refractivity contribution >= 4 is 23.8 Å². The molecule has 1 unspecified atom stereocenters. The number of nitrogens with zero attached hydrogens (tertiary/aromatic N) is 2. The van der Waals surface area contributed by atoms with Gasteiger partial charge in [-0.25, -0.2) is 0 Å². The molecule has 2 N–H and O–H groups in total. The third-order valence-electron chi connectivity index (χ3n) is 5.75. The third kappa shape index (κ3) is 5.92. The minimum Gasteiger partial charge on any atom is -0.384 e. The Morgan fingerprint density at radius 3 is 2.63 bits per heavy atom. The number of likely N-dealkylation sites (tertiary alicyclic amines) is 1. The standard InChI is InChI=1S/C23H34N4O3/c1-5-8-20(22(29)24-6-2)27(4)23(30)21-18(16-28)9-7-10-19(21)25-15-17-11-13-26(3)14-12-17/h6-7,9-10,16-17,20,25H,2,5,8,11-15H2,1,3-4H3,(H,24,29). The van der Waals surface area contributed by atoms with E-state index in [0.29, 0.717) is 35.4 Å². The second-order valence-electron chi connectivity index (χ2n) is 7.95. The Labute approximate surface area is 179 Å². The monoisotopic (exact) mass is 414 g/mol. The smallest absolute Gasteiger partial charge is 0.257 e. The van der Waals surface area contributed by atoms with Crippen LogP contribution in [0.25, 0.3) is 0 Å². The molecule has 0 saturated carbocycles. The maximum absolute atomic E-state index is 13.4. The molecule has 7 heteroatoms. The van der Waals surface area contributed by atoms with E-state index >= 15 is 0 Å². The molecule has 30 heavy (non-hydrogen) atoms. The molecule has 1 atom stereocenters. The van der Waals surface area contributed by atoms with Crippen LogP contribution < -0.4 is 10.6 Å². The topological polar surface area (TPSA) is 81.8 Å². The van der Waals surface area contributed by atoms with E-state index in [-0.39, 0.29) is 11.8 Å². The predicted molar refractivity (Wildman–Crippen MR) is 120 cm³/mol. The Bertz CT molecular complexity index is 757. The lowest BCUT2D eigenvalue weighted by Crippen LogP contribution is -2.46. The maximum Gasteiger partial charge on any atom is 0.257 e. The molecule has 0 bridgehead atoms. The van der Waals surface area contributed by atoms with E-state index in [9.17, 15) is 14.4 Å². The molecule has 1 saturated heterocycles. The number of carbonyl (C=O) groups excluding carboxylic acids is 3. The average molecular weight is 415 g/mol. The molecule has 7 nitrogen and oxygen atoms in total. The summed E-state index contributed by atoms with van der Waals surface area (Å²) in [4.78, 5) is 41.2. The van der Waals surface area contributed by atoms with Gasteiger partial charge in [0.2, 0.25) is 5.91 Å². The summed E-state index contributed by atoms with van der Waals surface area (Å²) in [6.07, 6.45) is 5.46. The molecule has 2 amide bonds. The third-order valence-corrected chi connectivity index (χ3v) is 5.75. The van der Waals surface area contributed by atoms with E-state index in [1.807, 2.05) is 13.0 Å². The first-order chi connectivity index (χ1) is 14.4. The highest BCUT2D eigenvalue weighted by molar-refractivity contribution is 6.07. The zero-order valence-corrected chi connectivity index (χ0v) is 18.3. The van der Waals surface area contributed by atoms with Crippen molar-refractivity contribution in [3.8, 4) is 0 Å². The lowest BCUT2D eigenvalue weighted by Gasteiger charge is -2.30. The van der Waals surface area contributed by atoms with E-state index < -0.39 is 6.04 Å². The summed E-state index contributed by atoms with van der Waals surface area (Å²) < 4.78 is 0. The van der Waals surface area contributed by atoms with Gasteiger partial charge in [-0.05, 0) is 57.6 Å². The first-order valence-corrected chi connectivity index (χ1v) is 10.6. The Kier molecular flexibility index (Phi) is 9.05. The van der Waals surface area contributed by atoms with Gasteiger partial charge in [0.05, 0.1) is 5.56 Å². The van der Waals surface area contributed by atoms with Crippen LogP contribution in [0.3, 0.4) is 0 Å². The number of benzene rings is 1. The van der Waals surface area contributed by atoms with Gasteiger partial charge >= 0.3 is 0 Å². The number of carbonyl (C=O) groups is 3. The van der Waals surface area contributed by atoms with Gasteiger partial charge in [0.15, 0.2) is 6.29 Å². The number of amides is 2. The highest BCUT2D eigenvalue weighted by Gasteiger charge is 2.29. The molecule has 1 fully saturated rings. The van der Waals surface area contributed by atoms with Gasteiger partial charge in [-0.1, -0.05) is 32.1 Å². The van der Waals surface area contributed by atoms with Crippen LogP contribution in [-0.4, -0.2) is 67.7 Å². The molecule has 2 rings (SSSR count). The van der Waals surface area contributed by atoms with E-state index in [2.05, 4.69) is 29.2 Å². The highest BCUT2D eigenvalue weighted by Crippen LogP contribution is 2.24. The molecular formula is C23H34N4O3. The van der Waals surface area contributed by atoms with Crippen LogP contribution in [0.4, 0.5) is 5.69 Å². The van der Waals surface area contributed by atoms with Crippen LogP contribution in [0.1, 0.15) is 53.3 Å². The molecule has 1 aromatic carbocycles. The molecule has 164 valence electrons. The largest absolute Gasteiger partial charge is 0.384 e. The zero-order chi connectivity index (χ0) is 22.1. The summed E-state index contributed by atoms with van der Waals surface area (Å²) in [6, 6.07) is 4.59. The van der Waals surface area contributed by atoms with Crippen molar-refractivity contribution in [2.75, 3.05) is 39.0 Å². The fourth-order valence-corrected chi connectivity index (χ4v) is 3.86. The van der Waals surface area contributed by atoms with Crippen molar-refractivity contribution < 1.29 is 14.4 Å². The fraction of sp³-hybridized carbons (Fsp3) is 0.522. The molecule has 0 spiro atoms. The molecule has 1 aromatic rings. The number of rotatable bonds is 10. The van der Waals surface area contributed by atoms with Crippen LogP contribution in [0.5, 0.6) is 0 Å². The van der Waals surface area contributed by atoms with Gasteiger partial charge in [0.1, 0.15) is 6.04 Å². The van der Waals surface area contributed by atoms with Crippen LogP contribution >= 0.6 is 0 Å². The molecule has 0 aromatic heterocycles. The van der Waals surface area contributed by atoms with Crippen LogP contribution in [0.15, 0.2) is 31.0 Å². The minimum absolute atomic E-state index is 0.285. The van der Waals surface area contributed by atoms with Crippen LogP contribution in [0.2, 0.25) is 0 Å². The first-order valence-electron chi connectivity index (χ1n) is 10.6. The van der Waals surface area contributed by atoms with Gasteiger partial charge in [0, 0.05) is 24.8 Å². The summed E-state index contributed by atoms with van der Waals surface area (Å²) in [6.45, 7) is 8.35. The van der Waals surface area contributed by atoms with Crippen molar-refractivity contribution in [3.05, 3.63) is 42.1 Å². The summed E-state index contributed by atoms with van der Waals surface area (Å²) in [7, 11) is 3.73. The molecule has 1 aliphatic rings. The Balaban J connectivity index is 2.24. The lowest BCUT2D eigenvalue weighted by molar-refractivity contribution is -0.124. The average Bonchev–Trinajstić information content (AvgIpc) is 2.75. The number of hydrogen-bond acceptors (Lipinski definition) is 5. The Morgan fingerprint density at radius 1 is 1.33 bits per heavy atom. The summed E-state index contributed by atoms with van der Waals surface area (Å²) in [5.74, 6) is -0.110. The summed E-state index contributed by atoms with van der Waals surface area (Å²) in [5.41, 5.74) is 1.27. The van der Waals surface area contributed by atoms with Crippen LogP contribution in [-0.2, 0) is 4.79 Å². The predicted octanol–water partition coefficient (Wildman–Crippen LogP) is 2.75. The fourth-order valence-electron chi connectivity index (χ4n) is 3.86. The molecule has 0 radical (unpaired) electrons. The minimum atomic E-state index is -0.637. The SMILES string of the molecule is C=CNC(=O)C(CCC)N(C)C(=O)c1c(C=O)cccc1NCC1CCN(C)CC1. The number of aldehydes is 1. The number of piperidine rings is 1. The number of anilines is 1. The second kappa shape index (κ2) is 11.5. The molecular weight excluding hydrogens is 380 g/mol. The molecule has 1 heterocycles. The normalized spacial score (nSPS) is 15.8. The van der Waals surface area contributed by atoms with E-state index in [0.717, 1.165) is 38.9 Å². The van der Waals surface area contributed by atoms with Gasteiger partial charge in [0.25, 0.3) is 5.91 Å². The van der Waals surface area contributed by atoms with Crippen molar-refractivity contribution in [2.24, 2.45) is 5.92 Å². The molecule has 0 aliphatic carbocycles. The van der Waals surface area contributed by atoms with Crippen LogP contribution in [0, 0.1) is 5.92 Å².